The molecule has 1 N–H and O–H groups in total. The van der Waals surface area contributed by atoms with E-state index in [1.165, 1.54) is 4.57 Å². The summed E-state index contributed by atoms with van der Waals surface area (Å²) in [5.41, 5.74) is 1.13. The molecule has 2 heterocycles. The van der Waals surface area contributed by atoms with Crippen LogP contribution < -0.4 is 5.32 Å². The van der Waals surface area contributed by atoms with Crippen molar-refractivity contribution in [1.82, 2.24) is 19.7 Å². The van der Waals surface area contributed by atoms with Gasteiger partial charge in [0, 0.05) is 30.4 Å². The van der Waals surface area contributed by atoms with Gasteiger partial charge >= 0.3 is 6.18 Å². The summed E-state index contributed by atoms with van der Waals surface area (Å²) < 4.78 is 40.6. The second-order valence-corrected chi connectivity index (χ2v) is 7.12. The van der Waals surface area contributed by atoms with Crippen molar-refractivity contribution in [3.63, 3.8) is 0 Å². The number of benzene rings is 1. The molecule has 0 saturated carbocycles. The minimum Gasteiger partial charge on any atom is -0.378 e. The van der Waals surface area contributed by atoms with Gasteiger partial charge in [-0.05, 0) is 19.4 Å². The van der Waals surface area contributed by atoms with Crippen LogP contribution in [0.4, 0.5) is 18.9 Å². The molecule has 0 atom stereocenters. The molecule has 3 rings (SSSR count). The van der Waals surface area contributed by atoms with Gasteiger partial charge < -0.3 is 9.88 Å². The fourth-order valence-electron chi connectivity index (χ4n) is 2.58. The fourth-order valence-corrected chi connectivity index (χ4v) is 2.89. The number of anilines is 1. The van der Waals surface area contributed by atoms with Crippen LogP contribution in [0.15, 0.2) is 36.5 Å². The predicted molar refractivity (Wildman–Crippen MR) is 102 cm³/mol. The van der Waals surface area contributed by atoms with E-state index in [2.05, 4.69) is 20.5 Å². The number of aromatic nitrogens is 4. The average molecular weight is 430 g/mol. The van der Waals surface area contributed by atoms with Crippen molar-refractivity contribution in [1.29, 1.82) is 0 Å². The summed E-state index contributed by atoms with van der Waals surface area (Å²) >= 11 is 11.8. The zero-order chi connectivity index (χ0) is 20.5. The van der Waals surface area contributed by atoms with E-state index in [1.807, 2.05) is 0 Å². The second kappa shape index (κ2) is 7.97. The lowest BCUT2D eigenvalue weighted by Gasteiger charge is -2.12. The van der Waals surface area contributed by atoms with Gasteiger partial charge in [0.1, 0.15) is 5.82 Å². The summed E-state index contributed by atoms with van der Waals surface area (Å²) in [5.74, 6) is 0.273. The molecule has 0 fully saturated rings. The van der Waals surface area contributed by atoms with E-state index < -0.39 is 11.9 Å². The van der Waals surface area contributed by atoms with Gasteiger partial charge in [0.05, 0.1) is 5.69 Å². The van der Waals surface area contributed by atoms with Gasteiger partial charge in [-0.1, -0.05) is 47.5 Å². The molecule has 0 radical (unpaired) electrons. The van der Waals surface area contributed by atoms with E-state index in [9.17, 15) is 13.2 Å². The first-order valence-corrected chi connectivity index (χ1v) is 9.08. The maximum atomic E-state index is 13.0. The first-order chi connectivity index (χ1) is 13.1. The lowest BCUT2D eigenvalue weighted by atomic mass is 10.1. The van der Waals surface area contributed by atoms with E-state index in [4.69, 9.17) is 23.2 Å². The molecule has 10 heteroatoms. The van der Waals surface area contributed by atoms with Crippen LogP contribution in [0.2, 0.25) is 10.3 Å². The number of imidazole rings is 1. The maximum absolute atomic E-state index is 13.0. The van der Waals surface area contributed by atoms with E-state index in [-0.39, 0.29) is 22.2 Å². The van der Waals surface area contributed by atoms with Crippen LogP contribution in [-0.4, -0.2) is 19.7 Å². The summed E-state index contributed by atoms with van der Waals surface area (Å²) in [6, 6.07) is 8.47. The van der Waals surface area contributed by atoms with Gasteiger partial charge in [-0.25, -0.2) is 4.98 Å². The topological polar surface area (TPSA) is 55.6 Å². The molecule has 3 aromatic rings. The summed E-state index contributed by atoms with van der Waals surface area (Å²) in [6.07, 6.45) is -3.45. The van der Waals surface area contributed by atoms with Crippen LogP contribution in [0.25, 0.3) is 11.4 Å². The highest BCUT2D eigenvalue weighted by Crippen LogP contribution is 2.32. The molecule has 0 bridgehead atoms. The number of hydrogen-bond acceptors (Lipinski definition) is 4. The van der Waals surface area contributed by atoms with Gasteiger partial charge in [-0.2, -0.15) is 13.2 Å². The van der Waals surface area contributed by atoms with E-state index >= 15 is 0 Å². The summed E-state index contributed by atoms with van der Waals surface area (Å²) in [6.45, 7) is 4.04. The Morgan fingerprint density at radius 1 is 1.11 bits per heavy atom. The van der Waals surface area contributed by atoms with Crippen molar-refractivity contribution in [3.8, 4) is 11.4 Å². The molecule has 0 spiro atoms. The fraction of sp³-hybridized carbons (Fsp3) is 0.278. The lowest BCUT2D eigenvalue weighted by Crippen LogP contribution is -2.05. The molecule has 0 unspecified atom stereocenters. The number of alkyl halides is 3. The molecule has 5 nitrogen and oxygen atoms in total. The van der Waals surface area contributed by atoms with Crippen molar-refractivity contribution >= 4 is 28.9 Å². The molecular formula is C18H16Cl2F3N5. The SMILES string of the molecule is CC(C)n1cc(C(F)(F)F)nc1-c1ccc(CNc2cc(Cl)nnc2Cl)cc1. The quantitative estimate of drug-likeness (QED) is 0.551. The van der Waals surface area contributed by atoms with Crippen LogP contribution in [0.3, 0.4) is 0 Å². The summed E-state index contributed by atoms with van der Waals surface area (Å²) in [7, 11) is 0. The van der Waals surface area contributed by atoms with Crippen LogP contribution in [0, 0.1) is 0 Å². The van der Waals surface area contributed by atoms with Gasteiger partial charge in [0.25, 0.3) is 0 Å². The van der Waals surface area contributed by atoms with Crippen molar-refractivity contribution in [3.05, 3.63) is 58.1 Å². The smallest absolute Gasteiger partial charge is 0.378 e. The molecule has 0 amide bonds. The van der Waals surface area contributed by atoms with Gasteiger partial charge in [-0.3, -0.25) is 0 Å². The minimum atomic E-state index is -4.49. The Bertz CT molecular complexity index is 968. The molecular weight excluding hydrogens is 414 g/mol. The summed E-state index contributed by atoms with van der Waals surface area (Å²) in [5, 5.41) is 10.8. The largest absolute Gasteiger partial charge is 0.434 e. The Hall–Kier alpha value is -2.32. The second-order valence-electron chi connectivity index (χ2n) is 6.37. The third kappa shape index (κ3) is 4.56. The Balaban J connectivity index is 1.81. The lowest BCUT2D eigenvalue weighted by molar-refractivity contribution is -0.140. The van der Waals surface area contributed by atoms with Gasteiger partial charge in [0.15, 0.2) is 16.0 Å². The van der Waals surface area contributed by atoms with Crippen molar-refractivity contribution in [2.24, 2.45) is 0 Å². The monoisotopic (exact) mass is 429 g/mol. The van der Waals surface area contributed by atoms with Crippen molar-refractivity contribution < 1.29 is 13.2 Å². The molecule has 0 saturated heterocycles. The Morgan fingerprint density at radius 2 is 1.79 bits per heavy atom. The molecule has 2 aromatic heterocycles. The van der Waals surface area contributed by atoms with E-state index in [0.29, 0.717) is 17.8 Å². The van der Waals surface area contributed by atoms with Crippen molar-refractivity contribution in [2.75, 3.05) is 5.32 Å². The first-order valence-electron chi connectivity index (χ1n) is 8.33. The molecule has 0 aliphatic rings. The van der Waals surface area contributed by atoms with E-state index in [1.54, 1.807) is 44.2 Å². The first kappa shape index (κ1) is 20.4. The minimum absolute atomic E-state index is 0.161. The zero-order valence-electron chi connectivity index (χ0n) is 14.9. The number of halogens is 5. The number of nitrogens with zero attached hydrogens (tertiary/aromatic N) is 4. The Kier molecular flexibility index (Phi) is 5.81. The van der Waals surface area contributed by atoms with Crippen molar-refractivity contribution in [2.45, 2.75) is 32.6 Å². The number of hydrogen-bond donors (Lipinski definition) is 1. The van der Waals surface area contributed by atoms with Crippen LogP contribution in [-0.2, 0) is 12.7 Å². The molecule has 0 aliphatic heterocycles. The average Bonchev–Trinajstić information content (AvgIpc) is 3.09. The van der Waals surface area contributed by atoms with Crippen LogP contribution >= 0.6 is 23.2 Å². The predicted octanol–water partition coefficient (Wildman–Crippen LogP) is 5.86. The molecule has 148 valence electrons. The molecule has 28 heavy (non-hydrogen) atoms. The zero-order valence-corrected chi connectivity index (χ0v) is 16.4. The van der Waals surface area contributed by atoms with E-state index in [0.717, 1.165) is 11.8 Å². The third-order valence-electron chi connectivity index (χ3n) is 3.99. The van der Waals surface area contributed by atoms with Crippen LogP contribution in [0.5, 0.6) is 0 Å². The highest BCUT2D eigenvalue weighted by molar-refractivity contribution is 6.33. The molecule has 0 aliphatic carbocycles. The molecule has 1 aromatic carbocycles. The third-order valence-corrected chi connectivity index (χ3v) is 4.46. The number of rotatable bonds is 5. The normalized spacial score (nSPS) is 11.9. The maximum Gasteiger partial charge on any atom is 0.434 e. The van der Waals surface area contributed by atoms with Crippen LogP contribution in [0.1, 0.15) is 31.1 Å². The van der Waals surface area contributed by atoms with Gasteiger partial charge in [-0.15, -0.1) is 10.2 Å². The Labute approximate surface area is 169 Å². The Morgan fingerprint density at radius 3 is 2.39 bits per heavy atom. The standard InChI is InChI=1S/C18H16Cl2F3N5/c1-10(2)28-9-14(18(21,22)23)25-17(28)12-5-3-11(4-6-12)8-24-13-7-15(19)26-27-16(13)20/h3-7,9-10H,8H2,1-2H3,(H,24,26). The summed E-state index contributed by atoms with van der Waals surface area (Å²) in [4.78, 5) is 3.79. The highest BCUT2D eigenvalue weighted by Gasteiger charge is 2.35. The highest BCUT2D eigenvalue weighted by atomic mass is 35.5. The number of nitrogens with one attached hydrogen (secondary N) is 1. The van der Waals surface area contributed by atoms with Gasteiger partial charge in [0.2, 0.25) is 0 Å².